The van der Waals surface area contributed by atoms with Gasteiger partial charge in [0.25, 0.3) is 0 Å². The molecule has 0 atom stereocenters. The van der Waals surface area contributed by atoms with Gasteiger partial charge in [0.2, 0.25) is 0 Å². The number of thiocarbonyl (C=S) groups is 1. The van der Waals surface area contributed by atoms with Gasteiger partial charge in [-0.2, -0.15) is 0 Å². The lowest BCUT2D eigenvalue weighted by molar-refractivity contribution is 0.0600. The van der Waals surface area contributed by atoms with Crippen molar-refractivity contribution in [1.82, 2.24) is 14.9 Å². The summed E-state index contributed by atoms with van der Waals surface area (Å²) in [7, 11) is 1.37. The number of nitrogens with zero attached hydrogens (tertiary/aromatic N) is 2. The van der Waals surface area contributed by atoms with Gasteiger partial charge in [-0.25, -0.2) is 9.78 Å². The fourth-order valence-corrected chi connectivity index (χ4v) is 3.15. The molecule has 1 heterocycles. The number of hydrogen-bond acceptors (Lipinski definition) is 4. The number of para-hydroxylation sites is 1. The summed E-state index contributed by atoms with van der Waals surface area (Å²) in [6.45, 7) is 4.37. The zero-order chi connectivity index (χ0) is 20.1. The lowest BCUT2D eigenvalue weighted by atomic mass is 10.1. The van der Waals surface area contributed by atoms with E-state index in [1.807, 2.05) is 54.9 Å². The molecular formula is C21H22N4O2S. The van der Waals surface area contributed by atoms with Gasteiger partial charge < -0.3 is 19.9 Å². The Bertz CT molecular complexity index is 1010. The zero-order valence-electron chi connectivity index (χ0n) is 16.0. The SMILES string of the molecule is COC(=O)c1cccc(NC(=S)NCc2ccccc2-n2ccnc2C)c1C. The minimum atomic E-state index is -0.371. The van der Waals surface area contributed by atoms with E-state index in [4.69, 9.17) is 17.0 Å². The molecule has 28 heavy (non-hydrogen) atoms. The van der Waals surface area contributed by atoms with Crippen molar-refractivity contribution < 1.29 is 9.53 Å². The van der Waals surface area contributed by atoms with Crippen LogP contribution in [0.5, 0.6) is 0 Å². The molecule has 7 heteroatoms. The predicted molar refractivity (Wildman–Crippen MR) is 114 cm³/mol. The number of esters is 1. The van der Waals surface area contributed by atoms with Crippen molar-refractivity contribution in [1.29, 1.82) is 0 Å². The summed E-state index contributed by atoms with van der Waals surface area (Å²) >= 11 is 5.44. The van der Waals surface area contributed by atoms with Crippen LogP contribution < -0.4 is 10.6 Å². The van der Waals surface area contributed by atoms with Crippen LogP contribution in [0.25, 0.3) is 5.69 Å². The Balaban J connectivity index is 1.71. The van der Waals surface area contributed by atoms with Gasteiger partial charge in [0.1, 0.15) is 5.82 Å². The van der Waals surface area contributed by atoms with E-state index in [1.54, 1.807) is 18.3 Å². The number of ether oxygens (including phenoxy) is 1. The monoisotopic (exact) mass is 394 g/mol. The molecule has 0 radical (unpaired) electrons. The number of nitrogens with one attached hydrogen (secondary N) is 2. The second kappa shape index (κ2) is 8.67. The fourth-order valence-electron chi connectivity index (χ4n) is 2.97. The van der Waals surface area contributed by atoms with E-state index < -0.39 is 0 Å². The molecule has 0 saturated carbocycles. The van der Waals surface area contributed by atoms with Crippen molar-refractivity contribution in [2.45, 2.75) is 20.4 Å². The minimum absolute atomic E-state index is 0.371. The molecule has 3 aromatic rings. The highest BCUT2D eigenvalue weighted by atomic mass is 32.1. The molecule has 0 fully saturated rings. The smallest absolute Gasteiger partial charge is 0.338 e. The number of carbonyl (C=O) groups excluding carboxylic acids is 1. The number of imidazole rings is 1. The summed E-state index contributed by atoms with van der Waals surface area (Å²) in [4.78, 5) is 16.1. The lowest BCUT2D eigenvalue weighted by Crippen LogP contribution is -2.28. The number of carbonyl (C=O) groups is 1. The van der Waals surface area contributed by atoms with Crippen molar-refractivity contribution in [2.24, 2.45) is 0 Å². The molecule has 0 saturated heterocycles. The van der Waals surface area contributed by atoms with Gasteiger partial charge in [-0.3, -0.25) is 0 Å². The van der Waals surface area contributed by atoms with E-state index in [0.29, 0.717) is 17.2 Å². The molecule has 0 spiro atoms. The van der Waals surface area contributed by atoms with Gasteiger partial charge in [-0.1, -0.05) is 24.3 Å². The standard InChI is InChI=1S/C21H22N4O2S/c1-14-17(20(26)27-3)8-6-9-18(14)24-21(28)23-13-16-7-4-5-10-19(16)25-12-11-22-15(25)2/h4-12H,13H2,1-3H3,(H2,23,24,28). The largest absolute Gasteiger partial charge is 0.465 e. The Morgan fingerprint density at radius 1 is 1.18 bits per heavy atom. The Morgan fingerprint density at radius 2 is 1.96 bits per heavy atom. The van der Waals surface area contributed by atoms with Crippen LogP contribution in [0.1, 0.15) is 27.3 Å². The third kappa shape index (κ3) is 4.20. The van der Waals surface area contributed by atoms with Crippen LogP contribution in [-0.4, -0.2) is 27.7 Å². The second-order valence-electron chi connectivity index (χ2n) is 6.25. The van der Waals surface area contributed by atoms with Crippen LogP contribution in [0, 0.1) is 13.8 Å². The van der Waals surface area contributed by atoms with Crippen LogP contribution >= 0.6 is 12.2 Å². The summed E-state index contributed by atoms with van der Waals surface area (Å²) in [6.07, 6.45) is 3.72. The van der Waals surface area contributed by atoms with E-state index in [0.717, 1.165) is 28.3 Å². The highest BCUT2D eigenvalue weighted by Gasteiger charge is 2.13. The molecule has 0 unspecified atom stereocenters. The molecule has 0 aliphatic heterocycles. The second-order valence-corrected chi connectivity index (χ2v) is 6.66. The molecular weight excluding hydrogens is 372 g/mol. The van der Waals surface area contributed by atoms with Crippen molar-refractivity contribution in [2.75, 3.05) is 12.4 Å². The Labute approximate surface area is 169 Å². The number of benzene rings is 2. The lowest BCUT2D eigenvalue weighted by Gasteiger charge is -2.16. The minimum Gasteiger partial charge on any atom is -0.465 e. The highest BCUT2D eigenvalue weighted by molar-refractivity contribution is 7.80. The molecule has 0 aliphatic rings. The van der Waals surface area contributed by atoms with Crippen LogP contribution in [-0.2, 0) is 11.3 Å². The summed E-state index contributed by atoms with van der Waals surface area (Å²) in [6, 6.07) is 13.5. The predicted octanol–water partition coefficient (Wildman–Crippen LogP) is 3.76. The van der Waals surface area contributed by atoms with Gasteiger partial charge in [0, 0.05) is 24.6 Å². The van der Waals surface area contributed by atoms with Crippen molar-refractivity contribution in [3.63, 3.8) is 0 Å². The van der Waals surface area contributed by atoms with Crippen LogP contribution in [0.15, 0.2) is 54.9 Å². The van der Waals surface area contributed by atoms with E-state index in [1.165, 1.54) is 7.11 Å². The third-order valence-electron chi connectivity index (χ3n) is 4.50. The van der Waals surface area contributed by atoms with Gasteiger partial charge in [0.15, 0.2) is 5.11 Å². The molecule has 1 aromatic heterocycles. The van der Waals surface area contributed by atoms with Gasteiger partial charge in [0.05, 0.1) is 18.4 Å². The number of anilines is 1. The van der Waals surface area contributed by atoms with Crippen molar-refractivity contribution in [3.05, 3.63) is 77.4 Å². The Kier molecular flexibility index (Phi) is 6.06. The molecule has 2 N–H and O–H groups in total. The maximum Gasteiger partial charge on any atom is 0.338 e. The first-order valence-electron chi connectivity index (χ1n) is 8.82. The maximum atomic E-state index is 11.9. The molecule has 3 rings (SSSR count). The van der Waals surface area contributed by atoms with Crippen LogP contribution in [0.3, 0.4) is 0 Å². The topological polar surface area (TPSA) is 68.2 Å². The van der Waals surface area contributed by atoms with Gasteiger partial charge in [-0.05, 0) is 55.4 Å². The first kappa shape index (κ1) is 19.6. The summed E-state index contributed by atoms with van der Waals surface area (Å²) in [5.74, 6) is 0.549. The van der Waals surface area contributed by atoms with Crippen molar-refractivity contribution >= 4 is 29.0 Å². The van der Waals surface area contributed by atoms with E-state index in [2.05, 4.69) is 15.6 Å². The quantitative estimate of drug-likeness (QED) is 0.507. The molecule has 0 amide bonds. The first-order valence-corrected chi connectivity index (χ1v) is 9.23. The number of aromatic nitrogens is 2. The maximum absolute atomic E-state index is 11.9. The van der Waals surface area contributed by atoms with E-state index in [9.17, 15) is 4.79 Å². The summed E-state index contributed by atoms with van der Waals surface area (Å²) in [5.41, 5.74) is 4.20. The summed E-state index contributed by atoms with van der Waals surface area (Å²) in [5, 5.41) is 6.86. The fraction of sp³-hybridized carbons (Fsp3) is 0.190. The van der Waals surface area contributed by atoms with Gasteiger partial charge >= 0.3 is 5.97 Å². The Morgan fingerprint density at radius 3 is 2.68 bits per heavy atom. The average Bonchev–Trinajstić information content (AvgIpc) is 3.13. The average molecular weight is 395 g/mol. The Hall–Kier alpha value is -3.19. The first-order chi connectivity index (χ1) is 13.5. The third-order valence-corrected chi connectivity index (χ3v) is 4.75. The molecule has 2 aromatic carbocycles. The normalized spacial score (nSPS) is 10.4. The number of rotatable bonds is 5. The van der Waals surface area contributed by atoms with Crippen LogP contribution in [0.2, 0.25) is 0 Å². The van der Waals surface area contributed by atoms with E-state index >= 15 is 0 Å². The molecule has 0 bridgehead atoms. The highest BCUT2D eigenvalue weighted by Crippen LogP contribution is 2.20. The van der Waals surface area contributed by atoms with Crippen LogP contribution in [0.4, 0.5) is 5.69 Å². The van der Waals surface area contributed by atoms with Crippen molar-refractivity contribution in [3.8, 4) is 5.69 Å². The molecule has 0 aliphatic carbocycles. The number of hydrogen-bond donors (Lipinski definition) is 2. The molecule has 6 nitrogen and oxygen atoms in total. The van der Waals surface area contributed by atoms with E-state index in [-0.39, 0.29) is 5.97 Å². The molecule has 144 valence electrons. The zero-order valence-corrected chi connectivity index (χ0v) is 16.8. The summed E-state index contributed by atoms with van der Waals surface area (Å²) < 4.78 is 6.86. The van der Waals surface area contributed by atoms with Gasteiger partial charge in [-0.15, -0.1) is 0 Å². The number of aryl methyl sites for hydroxylation is 1. The number of methoxy groups -OCH3 is 1.